The Morgan fingerprint density at radius 2 is 1.97 bits per heavy atom. The normalized spacial score (nSPS) is 10.6. The lowest BCUT2D eigenvalue weighted by atomic mass is 10.1. The maximum atomic E-state index is 12.7. The predicted molar refractivity (Wildman–Crippen MR) is 111 cm³/mol. The highest BCUT2D eigenvalue weighted by atomic mass is 16.5. The molecule has 1 aromatic carbocycles. The summed E-state index contributed by atoms with van der Waals surface area (Å²) in [5, 5.41) is 2.84. The van der Waals surface area contributed by atoms with Gasteiger partial charge in [-0.25, -0.2) is 4.98 Å². The van der Waals surface area contributed by atoms with E-state index in [0.717, 1.165) is 5.56 Å². The Balaban J connectivity index is 1.70. The Morgan fingerprint density at radius 3 is 2.70 bits per heavy atom. The van der Waals surface area contributed by atoms with Crippen LogP contribution in [0.2, 0.25) is 0 Å². The summed E-state index contributed by atoms with van der Waals surface area (Å²) in [6.07, 6.45) is 3.68. The van der Waals surface area contributed by atoms with Crippen molar-refractivity contribution in [3.63, 3.8) is 0 Å². The minimum absolute atomic E-state index is 0.0453. The molecule has 0 saturated heterocycles. The predicted octanol–water partition coefficient (Wildman–Crippen LogP) is 1.57. The standard InChI is InChI=1S/C21H24N4O5/c1-4-30-20-21(27)25(16-8-9-22-12-15(16)24-20)13-19(26)23-10-7-14-5-6-17(28-2)18(11-14)29-3/h5-6,8-9,11-12H,4,7,10,13H2,1-3H3,(H,23,26). The van der Waals surface area contributed by atoms with Gasteiger partial charge in [-0.3, -0.25) is 19.1 Å². The van der Waals surface area contributed by atoms with Crippen LogP contribution in [0, 0.1) is 0 Å². The van der Waals surface area contributed by atoms with Gasteiger partial charge in [0.2, 0.25) is 5.91 Å². The van der Waals surface area contributed by atoms with Gasteiger partial charge in [-0.15, -0.1) is 0 Å². The van der Waals surface area contributed by atoms with Gasteiger partial charge in [0.25, 0.3) is 5.88 Å². The highest BCUT2D eigenvalue weighted by Crippen LogP contribution is 2.27. The van der Waals surface area contributed by atoms with Crippen LogP contribution < -0.4 is 25.1 Å². The van der Waals surface area contributed by atoms with E-state index in [0.29, 0.717) is 42.1 Å². The van der Waals surface area contributed by atoms with Crippen molar-refractivity contribution in [1.29, 1.82) is 0 Å². The molecule has 0 saturated carbocycles. The van der Waals surface area contributed by atoms with Crippen LogP contribution in [0.1, 0.15) is 12.5 Å². The average Bonchev–Trinajstić information content (AvgIpc) is 2.76. The smallest absolute Gasteiger partial charge is 0.314 e. The summed E-state index contributed by atoms with van der Waals surface area (Å²) in [5.41, 5.74) is 1.54. The number of fused-ring (bicyclic) bond motifs is 1. The Kier molecular flexibility index (Phi) is 6.84. The largest absolute Gasteiger partial charge is 0.493 e. The summed E-state index contributed by atoms with van der Waals surface area (Å²) in [6, 6.07) is 7.25. The molecule has 30 heavy (non-hydrogen) atoms. The quantitative estimate of drug-likeness (QED) is 0.569. The van der Waals surface area contributed by atoms with E-state index in [1.807, 2.05) is 18.2 Å². The van der Waals surface area contributed by atoms with E-state index in [9.17, 15) is 9.59 Å². The van der Waals surface area contributed by atoms with Crippen molar-refractivity contribution in [2.24, 2.45) is 0 Å². The van der Waals surface area contributed by atoms with Gasteiger partial charge in [0, 0.05) is 12.7 Å². The first kappa shape index (κ1) is 21.1. The molecule has 158 valence electrons. The van der Waals surface area contributed by atoms with Gasteiger partial charge in [0.05, 0.1) is 32.5 Å². The lowest BCUT2D eigenvalue weighted by molar-refractivity contribution is -0.121. The molecule has 2 aromatic heterocycles. The molecular formula is C21H24N4O5. The molecule has 0 unspecified atom stereocenters. The number of rotatable bonds is 9. The average molecular weight is 412 g/mol. The van der Waals surface area contributed by atoms with Gasteiger partial charge >= 0.3 is 5.56 Å². The maximum Gasteiger partial charge on any atom is 0.314 e. The molecule has 1 amide bonds. The summed E-state index contributed by atoms with van der Waals surface area (Å²) in [4.78, 5) is 33.4. The molecule has 1 N–H and O–H groups in total. The van der Waals surface area contributed by atoms with Crippen molar-refractivity contribution in [2.75, 3.05) is 27.4 Å². The van der Waals surface area contributed by atoms with Crippen LogP contribution in [0.4, 0.5) is 0 Å². The van der Waals surface area contributed by atoms with Gasteiger partial charge in [0.15, 0.2) is 11.5 Å². The van der Waals surface area contributed by atoms with Gasteiger partial charge in [0.1, 0.15) is 12.1 Å². The number of amides is 1. The van der Waals surface area contributed by atoms with Gasteiger partial charge < -0.3 is 19.5 Å². The fraction of sp³-hybridized carbons (Fsp3) is 0.333. The minimum Gasteiger partial charge on any atom is -0.493 e. The first-order chi connectivity index (χ1) is 14.6. The number of hydrogen-bond donors (Lipinski definition) is 1. The molecule has 0 fully saturated rings. The van der Waals surface area contributed by atoms with Crippen molar-refractivity contribution < 1.29 is 19.0 Å². The number of nitrogens with zero attached hydrogens (tertiary/aromatic N) is 3. The van der Waals surface area contributed by atoms with Crippen LogP contribution >= 0.6 is 0 Å². The monoisotopic (exact) mass is 412 g/mol. The van der Waals surface area contributed by atoms with E-state index >= 15 is 0 Å². The molecule has 9 heteroatoms. The third-order valence-electron chi connectivity index (χ3n) is 4.49. The summed E-state index contributed by atoms with van der Waals surface area (Å²) in [6.45, 7) is 2.32. The molecule has 0 bridgehead atoms. The Bertz CT molecular complexity index is 1100. The second-order valence-electron chi connectivity index (χ2n) is 6.39. The summed E-state index contributed by atoms with van der Waals surface area (Å²) < 4.78 is 17.2. The number of ether oxygens (including phenoxy) is 3. The number of methoxy groups -OCH3 is 2. The van der Waals surface area contributed by atoms with E-state index in [1.54, 1.807) is 33.4 Å². The Labute approximate surface area is 173 Å². The van der Waals surface area contributed by atoms with Crippen LogP contribution in [0.3, 0.4) is 0 Å². The second kappa shape index (κ2) is 9.73. The lowest BCUT2D eigenvalue weighted by Crippen LogP contribution is -2.34. The third-order valence-corrected chi connectivity index (χ3v) is 4.49. The van der Waals surface area contributed by atoms with Gasteiger partial charge in [-0.05, 0) is 37.1 Å². The maximum absolute atomic E-state index is 12.7. The first-order valence-electron chi connectivity index (χ1n) is 9.52. The molecule has 0 spiro atoms. The molecule has 0 atom stereocenters. The molecule has 2 heterocycles. The molecule has 9 nitrogen and oxygen atoms in total. The summed E-state index contributed by atoms with van der Waals surface area (Å²) in [7, 11) is 3.15. The van der Waals surface area contributed by atoms with Gasteiger partial charge in [-0.2, -0.15) is 0 Å². The molecule has 3 aromatic rings. The lowest BCUT2D eigenvalue weighted by Gasteiger charge is -2.13. The third kappa shape index (κ3) is 4.68. The summed E-state index contributed by atoms with van der Waals surface area (Å²) in [5.74, 6) is 0.947. The van der Waals surface area contributed by atoms with Crippen molar-refractivity contribution >= 4 is 16.9 Å². The van der Waals surface area contributed by atoms with Crippen LogP contribution in [0.25, 0.3) is 11.0 Å². The van der Waals surface area contributed by atoms with Crippen LogP contribution in [0.5, 0.6) is 17.4 Å². The fourth-order valence-corrected chi connectivity index (χ4v) is 3.04. The molecule has 0 aliphatic rings. The molecule has 0 aliphatic heterocycles. The van der Waals surface area contributed by atoms with Crippen LogP contribution in [-0.4, -0.2) is 47.8 Å². The van der Waals surface area contributed by atoms with E-state index in [2.05, 4.69) is 15.3 Å². The Hall–Kier alpha value is -3.62. The zero-order valence-corrected chi connectivity index (χ0v) is 17.2. The Morgan fingerprint density at radius 1 is 1.17 bits per heavy atom. The molecule has 0 radical (unpaired) electrons. The SMILES string of the molecule is CCOc1nc2cnccc2n(CC(=O)NCCc2ccc(OC)c(OC)c2)c1=O. The minimum atomic E-state index is -0.453. The van der Waals surface area contributed by atoms with Crippen molar-refractivity contribution in [1.82, 2.24) is 19.9 Å². The van der Waals surface area contributed by atoms with E-state index in [1.165, 1.54) is 10.8 Å². The number of nitrogens with one attached hydrogen (secondary N) is 1. The first-order valence-corrected chi connectivity index (χ1v) is 9.52. The number of aromatic nitrogens is 3. The zero-order valence-electron chi connectivity index (χ0n) is 17.2. The highest BCUT2D eigenvalue weighted by molar-refractivity contribution is 5.79. The van der Waals surface area contributed by atoms with Crippen LogP contribution in [-0.2, 0) is 17.8 Å². The van der Waals surface area contributed by atoms with Crippen LogP contribution in [0.15, 0.2) is 41.5 Å². The number of benzene rings is 1. The number of hydrogen-bond acceptors (Lipinski definition) is 7. The van der Waals surface area contributed by atoms with Crippen molar-refractivity contribution in [2.45, 2.75) is 19.9 Å². The molecular weight excluding hydrogens is 388 g/mol. The van der Waals surface area contributed by atoms with Crippen molar-refractivity contribution in [3.05, 3.63) is 52.6 Å². The zero-order chi connectivity index (χ0) is 21.5. The number of carbonyl (C=O) groups is 1. The number of pyridine rings is 1. The topological polar surface area (TPSA) is 105 Å². The fourth-order valence-electron chi connectivity index (χ4n) is 3.04. The highest BCUT2D eigenvalue weighted by Gasteiger charge is 2.14. The van der Waals surface area contributed by atoms with E-state index < -0.39 is 5.56 Å². The van der Waals surface area contributed by atoms with Gasteiger partial charge in [-0.1, -0.05) is 6.07 Å². The number of carbonyl (C=O) groups excluding carboxylic acids is 1. The van der Waals surface area contributed by atoms with Crippen molar-refractivity contribution in [3.8, 4) is 17.4 Å². The summed E-state index contributed by atoms with van der Waals surface area (Å²) >= 11 is 0. The van der Waals surface area contributed by atoms with E-state index in [-0.39, 0.29) is 18.3 Å². The second-order valence-corrected chi connectivity index (χ2v) is 6.39. The molecule has 0 aliphatic carbocycles. The molecule has 3 rings (SSSR count). The van der Waals surface area contributed by atoms with E-state index in [4.69, 9.17) is 14.2 Å².